The number of para-hydroxylation sites is 1. The van der Waals surface area contributed by atoms with Crippen LogP contribution in [0.4, 0.5) is 0 Å². The van der Waals surface area contributed by atoms with Gasteiger partial charge in [-0.15, -0.1) is 21.5 Å². The van der Waals surface area contributed by atoms with Crippen LogP contribution < -0.4 is 0 Å². The molecule has 0 fully saturated rings. The van der Waals surface area contributed by atoms with E-state index in [1.165, 1.54) is 15.8 Å². The van der Waals surface area contributed by atoms with Gasteiger partial charge in [0.05, 0.1) is 22.8 Å². The number of rotatable bonds is 3. The van der Waals surface area contributed by atoms with E-state index in [1.807, 2.05) is 13.0 Å². The van der Waals surface area contributed by atoms with Gasteiger partial charge in [0.2, 0.25) is 11.8 Å². The Bertz CT molecular complexity index is 1040. The summed E-state index contributed by atoms with van der Waals surface area (Å²) in [7, 11) is 0. The highest BCUT2D eigenvalue weighted by Gasteiger charge is 2.31. The molecular formula is C20H18N4OS. The minimum absolute atomic E-state index is 0.0816. The maximum atomic E-state index is 5.78. The Kier molecular flexibility index (Phi) is 3.80. The minimum Gasteiger partial charge on any atom is -0.424 e. The third-order valence-electron chi connectivity index (χ3n) is 4.85. The summed E-state index contributed by atoms with van der Waals surface area (Å²) in [6.45, 7) is 3.48. The number of hydrogen-bond acceptors (Lipinski definition) is 6. The molecule has 26 heavy (non-hydrogen) atoms. The van der Waals surface area contributed by atoms with Crippen LogP contribution in [0, 0.1) is 6.92 Å². The first-order valence-corrected chi connectivity index (χ1v) is 9.53. The zero-order chi connectivity index (χ0) is 17.5. The van der Waals surface area contributed by atoms with Crippen LogP contribution in [-0.4, -0.2) is 20.1 Å². The molecule has 4 aromatic rings. The topological polar surface area (TPSA) is 55.1 Å². The predicted octanol–water partition coefficient (Wildman–Crippen LogP) is 4.29. The van der Waals surface area contributed by atoms with Crippen molar-refractivity contribution in [3.63, 3.8) is 0 Å². The summed E-state index contributed by atoms with van der Waals surface area (Å²) in [6, 6.07) is 17.0. The zero-order valence-corrected chi connectivity index (χ0v) is 15.2. The summed E-state index contributed by atoms with van der Waals surface area (Å²) in [5, 5.41) is 9.46. The average molecular weight is 362 g/mol. The van der Waals surface area contributed by atoms with E-state index >= 15 is 0 Å². The van der Waals surface area contributed by atoms with Gasteiger partial charge in [0.1, 0.15) is 5.01 Å². The molecule has 2 aromatic heterocycles. The Labute approximate surface area is 155 Å². The summed E-state index contributed by atoms with van der Waals surface area (Å²) in [5.41, 5.74) is 3.78. The standard InChI is InChI=1S/C20H18N4OS/c1-13-22-23-20(25-13)17-10-14-6-2-3-7-15(14)11-24(17)12-19-21-16-8-4-5-9-18(16)26-19/h2-9,17H,10-12H2,1H3/t17-/m0/s1. The largest absolute Gasteiger partial charge is 0.424 e. The molecular weight excluding hydrogens is 344 g/mol. The number of aromatic nitrogens is 3. The van der Waals surface area contributed by atoms with Crippen LogP contribution in [0.15, 0.2) is 52.9 Å². The molecule has 1 aliphatic rings. The third-order valence-corrected chi connectivity index (χ3v) is 5.87. The highest BCUT2D eigenvalue weighted by molar-refractivity contribution is 7.18. The molecule has 5 nitrogen and oxygen atoms in total. The normalized spacial score (nSPS) is 17.5. The molecule has 0 spiro atoms. The van der Waals surface area contributed by atoms with Gasteiger partial charge in [-0.05, 0) is 29.7 Å². The molecule has 0 aliphatic carbocycles. The van der Waals surface area contributed by atoms with Crippen molar-refractivity contribution in [2.24, 2.45) is 0 Å². The molecule has 3 heterocycles. The number of aryl methyl sites for hydroxylation is 1. The van der Waals surface area contributed by atoms with Gasteiger partial charge in [-0.1, -0.05) is 36.4 Å². The molecule has 0 saturated heterocycles. The maximum Gasteiger partial charge on any atom is 0.233 e. The molecule has 0 radical (unpaired) electrons. The molecule has 5 rings (SSSR count). The molecule has 130 valence electrons. The van der Waals surface area contributed by atoms with Gasteiger partial charge in [0.25, 0.3) is 0 Å². The summed E-state index contributed by atoms with van der Waals surface area (Å²) in [4.78, 5) is 7.20. The average Bonchev–Trinajstić information content (AvgIpc) is 3.26. The van der Waals surface area contributed by atoms with Gasteiger partial charge < -0.3 is 4.42 Å². The molecule has 0 N–H and O–H groups in total. The fourth-order valence-corrected chi connectivity index (χ4v) is 4.59. The first kappa shape index (κ1) is 15.7. The Balaban J connectivity index is 1.51. The lowest BCUT2D eigenvalue weighted by Gasteiger charge is -2.34. The van der Waals surface area contributed by atoms with E-state index in [9.17, 15) is 0 Å². The van der Waals surface area contributed by atoms with Crippen molar-refractivity contribution < 1.29 is 4.42 Å². The van der Waals surface area contributed by atoms with Crippen molar-refractivity contribution in [2.75, 3.05) is 0 Å². The zero-order valence-electron chi connectivity index (χ0n) is 14.4. The number of nitrogens with zero attached hydrogens (tertiary/aromatic N) is 4. The van der Waals surface area contributed by atoms with E-state index in [1.54, 1.807) is 11.3 Å². The van der Waals surface area contributed by atoms with Crippen LogP contribution in [-0.2, 0) is 19.5 Å². The van der Waals surface area contributed by atoms with Gasteiger partial charge in [0.15, 0.2) is 0 Å². The van der Waals surface area contributed by atoms with Gasteiger partial charge in [-0.3, -0.25) is 4.90 Å². The number of thiazole rings is 1. The Hall–Kier alpha value is -2.57. The highest BCUT2D eigenvalue weighted by atomic mass is 32.1. The second-order valence-electron chi connectivity index (χ2n) is 6.63. The molecule has 0 saturated carbocycles. The third kappa shape index (κ3) is 2.81. The second kappa shape index (κ2) is 6.30. The maximum absolute atomic E-state index is 5.78. The van der Waals surface area contributed by atoms with Crippen molar-refractivity contribution in [2.45, 2.75) is 32.5 Å². The van der Waals surface area contributed by atoms with Gasteiger partial charge in [-0.25, -0.2) is 4.98 Å². The summed E-state index contributed by atoms with van der Waals surface area (Å²) < 4.78 is 7.01. The van der Waals surface area contributed by atoms with Crippen molar-refractivity contribution >= 4 is 21.6 Å². The lowest BCUT2D eigenvalue weighted by Crippen LogP contribution is -2.34. The monoisotopic (exact) mass is 362 g/mol. The van der Waals surface area contributed by atoms with Gasteiger partial charge in [0, 0.05) is 13.5 Å². The first-order chi connectivity index (χ1) is 12.8. The van der Waals surface area contributed by atoms with Crippen LogP contribution >= 0.6 is 11.3 Å². The van der Waals surface area contributed by atoms with E-state index in [4.69, 9.17) is 9.40 Å². The van der Waals surface area contributed by atoms with Crippen LogP contribution in [0.5, 0.6) is 0 Å². The SMILES string of the molecule is Cc1nnc([C@@H]2Cc3ccccc3CN2Cc2nc3ccccc3s2)o1. The van der Waals surface area contributed by atoms with E-state index in [-0.39, 0.29) is 6.04 Å². The van der Waals surface area contributed by atoms with Crippen molar-refractivity contribution in [3.8, 4) is 0 Å². The van der Waals surface area contributed by atoms with Crippen molar-refractivity contribution in [1.82, 2.24) is 20.1 Å². The fraction of sp³-hybridized carbons (Fsp3) is 0.250. The van der Waals surface area contributed by atoms with Crippen LogP contribution in [0.1, 0.15) is 34.0 Å². The predicted molar refractivity (Wildman–Crippen MR) is 101 cm³/mol. The van der Waals surface area contributed by atoms with Crippen molar-refractivity contribution in [1.29, 1.82) is 0 Å². The van der Waals surface area contributed by atoms with Gasteiger partial charge >= 0.3 is 0 Å². The van der Waals surface area contributed by atoms with E-state index in [0.717, 1.165) is 30.0 Å². The summed E-state index contributed by atoms with van der Waals surface area (Å²) in [5.74, 6) is 1.30. The minimum atomic E-state index is 0.0816. The first-order valence-electron chi connectivity index (χ1n) is 8.71. The molecule has 0 amide bonds. The van der Waals surface area contributed by atoms with Crippen molar-refractivity contribution in [3.05, 3.63) is 76.4 Å². The van der Waals surface area contributed by atoms with E-state index in [2.05, 4.69) is 57.6 Å². The van der Waals surface area contributed by atoms with E-state index < -0.39 is 0 Å². The molecule has 0 bridgehead atoms. The summed E-state index contributed by atoms with van der Waals surface area (Å²) in [6.07, 6.45) is 0.878. The number of fused-ring (bicyclic) bond motifs is 2. The second-order valence-corrected chi connectivity index (χ2v) is 7.74. The fourth-order valence-electron chi connectivity index (χ4n) is 3.59. The van der Waals surface area contributed by atoms with Crippen LogP contribution in [0.3, 0.4) is 0 Å². The number of benzene rings is 2. The van der Waals surface area contributed by atoms with Crippen LogP contribution in [0.2, 0.25) is 0 Å². The Morgan fingerprint density at radius 2 is 1.88 bits per heavy atom. The summed E-state index contributed by atoms with van der Waals surface area (Å²) >= 11 is 1.76. The molecule has 2 aromatic carbocycles. The molecule has 6 heteroatoms. The van der Waals surface area contributed by atoms with Gasteiger partial charge in [-0.2, -0.15) is 0 Å². The molecule has 0 unspecified atom stereocenters. The lowest BCUT2D eigenvalue weighted by atomic mass is 9.94. The Morgan fingerprint density at radius 1 is 1.08 bits per heavy atom. The number of hydrogen-bond donors (Lipinski definition) is 0. The molecule has 1 atom stereocenters. The van der Waals surface area contributed by atoms with E-state index in [0.29, 0.717) is 11.8 Å². The Morgan fingerprint density at radius 3 is 2.69 bits per heavy atom. The van der Waals surface area contributed by atoms with Crippen LogP contribution in [0.25, 0.3) is 10.2 Å². The quantitative estimate of drug-likeness (QED) is 0.544. The smallest absolute Gasteiger partial charge is 0.233 e. The molecule has 1 aliphatic heterocycles. The highest BCUT2D eigenvalue weighted by Crippen LogP contribution is 2.35. The lowest BCUT2D eigenvalue weighted by molar-refractivity contribution is 0.137.